The normalized spacial score (nSPS) is 20.1. The Kier molecular flexibility index (Phi) is 6.79. The third-order valence-corrected chi connectivity index (χ3v) is 2.14. The van der Waals surface area contributed by atoms with Gasteiger partial charge in [0.05, 0.1) is 25.1 Å². The number of esters is 1. The number of rotatable bonds is 3. The number of aliphatic imine (C=N–C) groups is 1. The quantitative estimate of drug-likeness (QED) is 0.593. The zero-order valence-corrected chi connectivity index (χ0v) is 9.84. The summed E-state index contributed by atoms with van der Waals surface area (Å²) in [4.78, 5) is 15.4. The molecular formula is C10H17ClN2O2. The summed E-state index contributed by atoms with van der Waals surface area (Å²) in [5.41, 5.74) is 1.06. The number of hydrogen-bond donors (Lipinski definition) is 1. The monoisotopic (exact) mass is 232 g/mol. The van der Waals surface area contributed by atoms with E-state index >= 15 is 0 Å². The number of ether oxygens (including phenoxy) is 1. The zero-order valence-electron chi connectivity index (χ0n) is 9.03. The van der Waals surface area contributed by atoms with E-state index in [4.69, 9.17) is 4.74 Å². The number of nitrogens with zero attached hydrogens (tertiary/aromatic N) is 1. The summed E-state index contributed by atoms with van der Waals surface area (Å²) in [6.07, 6.45) is 4.05. The molecule has 1 unspecified atom stereocenters. The molecular weight excluding hydrogens is 216 g/mol. The maximum absolute atomic E-state index is 11.4. The Morgan fingerprint density at radius 2 is 2.47 bits per heavy atom. The van der Waals surface area contributed by atoms with E-state index in [1.165, 1.54) is 6.26 Å². The van der Waals surface area contributed by atoms with Gasteiger partial charge in [0.15, 0.2) is 0 Å². The Morgan fingerprint density at radius 3 is 3.00 bits per heavy atom. The van der Waals surface area contributed by atoms with Gasteiger partial charge in [-0.25, -0.2) is 0 Å². The lowest BCUT2D eigenvalue weighted by Gasteiger charge is -2.15. The van der Waals surface area contributed by atoms with Gasteiger partial charge in [-0.15, -0.1) is 12.4 Å². The summed E-state index contributed by atoms with van der Waals surface area (Å²) in [6.45, 7) is 5.09. The van der Waals surface area contributed by atoms with E-state index in [0.29, 0.717) is 13.1 Å². The highest BCUT2D eigenvalue weighted by molar-refractivity contribution is 5.85. The molecule has 0 saturated heterocycles. The first-order valence-electron chi connectivity index (χ1n) is 4.82. The zero-order chi connectivity index (χ0) is 10.4. The molecule has 5 heteroatoms. The van der Waals surface area contributed by atoms with Crippen LogP contribution in [0.1, 0.15) is 20.3 Å². The summed E-state index contributed by atoms with van der Waals surface area (Å²) >= 11 is 0. The molecule has 1 aliphatic heterocycles. The van der Waals surface area contributed by atoms with Crippen molar-refractivity contribution in [2.45, 2.75) is 20.3 Å². The van der Waals surface area contributed by atoms with Crippen molar-refractivity contribution in [1.82, 2.24) is 5.32 Å². The van der Waals surface area contributed by atoms with Crippen LogP contribution < -0.4 is 5.32 Å². The van der Waals surface area contributed by atoms with Crippen LogP contribution in [-0.4, -0.2) is 25.4 Å². The van der Waals surface area contributed by atoms with Gasteiger partial charge in [-0.1, -0.05) is 6.92 Å². The molecule has 0 radical (unpaired) electrons. The van der Waals surface area contributed by atoms with Gasteiger partial charge in [0, 0.05) is 6.54 Å². The van der Waals surface area contributed by atoms with E-state index < -0.39 is 0 Å². The van der Waals surface area contributed by atoms with Gasteiger partial charge in [-0.05, 0) is 18.9 Å². The summed E-state index contributed by atoms with van der Waals surface area (Å²) in [6, 6.07) is 0. The van der Waals surface area contributed by atoms with Gasteiger partial charge in [0.2, 0.25) is 0 Å². The van der Waals surface area contributed by atoms with Gasteiger partial charge in [-0.3, -0.25) is 9.79 Å². The fourth-order valence-corrected chi connectivity index (χ4v) is 1.00. The van der Waals surface area contributed by atoms with E-state index in [1.54, 1.807) is 6.34 Å². The van der Waals surface area contributed by atoms with Crippen LogP contribution >= 0.6 is 12.4 Å². The Labute approximate surface area is 96.2 Å². The lowest BCUT2D eigenvalue weighted by molar-refractivity contribution is -0.142. The van der Waals surface area contributed by atoms with Gasteiger partial charge in [-0.2, -0.15) is 0 Å². The van der Waals surface area contributed by atoms with Crippen LogP contribution in [0.15, 0.2) is 16.8 Å². The minimum Gasteiger partial charge on any atom is -0.434 e. The maximum Gasteiger partial charge on any atom is 0.317 e. The lowest BCUT2D eigenvalue weighted by Crippen LogP contribution is -2.34. The van der Waals surface area contributed by atoms with Gasteiger partial charge in [0.1, 0.15) is 0 Å². The number of carbonyl (C=O) groups excluding carboxylic acids is 1. The lowest BCUT2D eigenvalue weighted by atomic mass is 10.1. The molecule has 4 nitrogen and oxygen atoms in total. The standard InChI is InChI=1S/C10H16N2O2.ClH/c1-3-8(2)6-14-10(13)9-4-11-7-12-5-9;/h6-7,9H,3-5H2,1-2H3,(H,11,12);1H/b8-6+;. The third-order valence-electron chi connectivity index (χ3n) is 2.14. The van der Waals surface area contributed by atoms with E-state index in [0.717, 1.165) is 12.0 Å². The molecule has 0 aliphatic carbocycles. The molecule has 1 atom stereocenters. The molecule has 0 bridgehead atoms. The summed E-state index contributed by atoms with van der Waals surface area (Å²) in [5.74, 6) is -0.358. The first-order chi connectivity index (χ1) is 6.74. The molecule has 1 aliphatic rings. The molecule has 86 valence electrons. The highest BCUT2D eigenvalue weighted by Crippen LogP contribution is 2.05. The minimum absolute atomic E-state index is 0. The van der Waals surface area contributed by atoms with Crippen molar-refractivity contribution in [2.75, 3.05) is 13.1 Å². The molecule has 0 aromatic rings. The largest absolute Gasteiger partial charge is 0.434 e. The second kappa shape index (κ2) is 7.29. The van der Waals surface area contributed by atoms with Crippen LogP contribution in [0.3, 0.4) is 0 Å². The third kappa shape index (κ3) is 4.83. The number of allylic oxidation sites excluding steroid dienone is 1. The Morgan fingerprint density at radius 1 is 1.73 bits per heavy atom. The van der Waals surface area contributed by atoms with Gasteiger partial charge >= 0.3 is 5.97 Å². The van der Waals surface area contributed by atoms with Crippen LogP contribution in [0.4, 0.5) is 0 Å². The molecule has 0 saturated carbocycles. The average Bonchev–Trinajstić information content (AvgIpc) is 2.26. The minimum atomic E-state index is -0.206. The average molecular weight is 233 g/mol. The Hall–Kier alpha value is -1.03. The summed E-state index contributed by atoms with van der Waals surface area (Å²) in [5, 5.41) is 2.90. The van der Waals surface area contributed by atoms with Crippen molar-refractivity contribution >= 4 is 24.7 Å². The number of halogens is 1. The molecule has 1 heterocycles. The smallest absolute Gasteiger partial charge is 0.317 e. The molecule has 0 fully saturated rings. The van der Waals surface area contributed by atoms with E-state index in [2.05, 4.69) is 10.3 Å². The number of carbonyl (C=O) groups is 1. The van der Waals surface area contributed by atoms with E-state index in [-0.39, 0.29) is 24.3 Å². The molecule has 0 aromatic heterocycles. The van der Waals surface area contributed by atoms with Crippen LogP contribution in [0.25, 0.3) is 0 Å². The van der Waals surface area contributed by atoms with Gasteiger partial charge < -0.3 is 10.1 Å². The number of nitrogens with one attached hydrogen (secondary N) is 1. The second-order valence-electron chi connectivity index (χ2n) is 3.35. The summed E-state index contributed by atoms with van der Waals surface area (Å²) < 4.78 is 5.02. The molecule has 1 N–H and O–H groups in total. The fraction of sp³-hybridized carbons (Fsp3) is 0.600. The van der Waals surface area contributed by atoms with E-state index in [1.807, 2.05) is 13.8 Å². The first-order valence-corrected chi connectivity index (χ1v) is 4.82. The van der Waals surface area contributed by atoms with Crippen molar-refractivity contribution in [2.24, 2.45) is 10.9 Å². The highest BCUT2D eigenvalue weighted by atomic mass is 35.5. The molecule has 0 amide bonds. The Bertz CT molecular complexity index is 264. The second-order valence-corrected chi connectivity index (χ2v) is 3.35. The van der Waals surface area contributed by atoms with Crippen molar-refractivity contribution in [3.8, 4) is 0 Å². The van der Waals surface area contributed by atoms with Crippen molar-refractivity contribution in [3.63, 3.8) is 0 Å². The van der Waals surface area contributed by atoms with E-state index in [9.17, 15) is 4.79 Å². The molecule has 15 heavy (non-hydrogen) atoms. The SMILES string of the molecule is CC/C(C)=C/OC(=O)C1CN=CNC1.Cl. The van der Waals surface area contributed by atoms with Crippen molar-refractivity contribution in [3.05, 3.63) is 11.8 Å². The fourth-order valence-electron chi connectivity index (χ4n) is 1.00. The van der Waals surface area contributed by atoms with Crippen LogP contribution in [0.5, 0.6) is 0 Å². The van der Waals surface area contributed by atoms with Gasteiger partial charge in [0.25, 0.3) is 0 Å². The van der Waals surface area contributed by atoms with Crippen LogP contribution in [0.2, 0.25) is 0 Å². The first kappa shape index (κ1) is 14.0. The Balaban J connectivity index is 0.00000196. The topological polar surface area (TPSA) is 50.7 Å². The van der Waals surface area contributed by atoms with Crippen molar-refractivity contribution < 1.29 is 9.53 Å². The van der Waals surface area contributed by atoms with Crippen LogP contribution in [-0.2, 0) is 9.53 Å². The number of hydrogen-bond acceptors (Lipinski definition) is 4. The summed E-state index contributed by atoms with van der Waals surface area (Å²) in [7, 11) is 0. The molecule has 0 aromatic carbocycles. The van der Waals surface area contributed by atoms with Crippen molar-refractivity contribution in [1.29, 1.82) is 0 Å². The highest BCUT2D eigenvalue weighted by Gasteiger charge is 2.20. The predicted octanol–water partition coefficient (Wildman–Crippen LogP) is 1.51. The maximum atomic E-state index is 11.4. The van der Waals surface area contributed by atoms with Crippen LogP contribution in [0, 0.1) is 5.92 Å². The predicted molar refractivity (Wildman–Crippen MR) is 62.2 cm³/mol. The molecule has 1 rings (SSSR count). The molecule has 0 spiro atoms.